The fourth-order valence-electron chi connectivity index (χ4n) is 1.52. The molecule has 0 aromatic heterocycles. The van der Waals surface area contributed by atoms with Gasteiger partial charge in [-0.3, -0.25) is 4.79 Å². The van der Waals surface area contributed by atoms with Gasteiger partial charge >= 0.3 is 0 Å². The normalized spacial score (nSPS) is 10.1. The van der Waals surface area contributed by atoms with Gasteiger partial charge in [0.15, 0.2) is 0 Å². The van der Waals surface area contributed by atoms with Gasteiger partial charge in [0.25, 0.3) is 0 Å². The van der Waals surface area contributed by atoms with E-state index in [4.69, 9.17) is 0 Å². The number of benzene rings is 1. The zero-order valence-electron chi connectivity index (χ0n) is 10.8. The number of nitrogens with one attached hydrogen (secondary N) is 2. The average Bonchev–Trinajstić information content (AvgIpc) is 2.36. The minimum absolute atomic E-state index is 0.0178. The Kier molecular flexibility index (Phi) is 5.49. The number of carbonyl (C=O) groups is 1. The molecule has 2 N–H and O–H groups in total. The first-order chi connectivity index (χ1) is 8.17. The summed E-state index contributed by atoms with van der Waals surface area (Å²) in [6.45, 7) is 4.32. The van der Waals surface area contributed by atoms with E-state index < -0.39 is 0 Å². The molecule has 1 aromatic carbocycles. The van der Waals surface area contributed by atoms with Crippen LogP contribution in [0.15, 0.2) is 24.3 Å². The summed E-state index contributed by atoms with van der Waals surface area (Å²) in [6, 6.07) is 8.24. The zero-order chi connectivity index (χ0) is 12.7. The highest BCUT2D eigenvalue weighted by Gasteiger charge is 2.05. The molecule has 0 saturated heterocycles. The second kappa shape index (κ2) is 6.91. The van der Waals surface area contributed by atoms with Crippen LogP contribution in [0.25, 0.3) is 0 Å². The minimum atomic E-state index is 0.0178. The van der Waals surface area contributed by atoms with Gasteiger partial charge in [0.05, 0.1) is 6.54 Å². The first-order valence-corrected chi connectivity index (χ1v) is 5.88. The van der Waals surface area contributed by atoms with Crippen LogP contribution in [0, 0.1) is 0 Å². The zero-order valence-corrected chi connectivity index (χ0v) is 10.8. The predicted molar refractivity (Wildman–Crippen MR) is 71.2 cm³/mol. The molecular formula is C13H21N3O. The molecule has 0 spiro atoms. The van der Waals surface area contributed by atoms with Crippen molar-refractivity contribution in [3.63, 3.8) is 0 Å². The molecule has 94 valence electrons. The molecule has 0 atom stereocenters. The third kappa shape index (κ3) is 4.44. The quantitative estimate of drug-likeness (QED) is 0.772. The summed E-state index contributed by atoms with van der Waals surface area (Å²) in [6.07, 6.45) is 0. The summed E-state index contributed by atoms with van der Waals surface area (Å²) in [5, 5.41) is 5.89. The summed E-state index contributed by atoms with van der Waals surface area (Å²) in [5.74, 6) is 0.0178. The largest absolute Gasteiger partial charge is 0.365 e. The van der Waals surface area contributed by atoms with Gasteiger partial charge in [0.2, 0.25) is 5.91 Å². The molecule has 1 aromatic rings. The third-order valence-electron chi connectivity index (χ3n) is 2.62. The molecule has 4 heteroatoms. The first-order valence-electron chi connectivity index (χ1n) is 5.88. The number of hydrogen-bond donors (Lipinski definition) is 2. The van der Waals surface area contributed by atoms with E-state index in [9.17, 15) is 4.79 Å². The summed E-state index contributed by atoms with van der Waals surface area (Å²) in [7, 11) is 3.56. The van der Waals surface area contributed by atoms with Gasteiger partial charge in [-0.15, -0.1) is 0 Å². The second-order valence-corrected chi connectivity index (χ2v) is 3.98. The van der Waals surface area contributed by atoms with E-state index in [-0.39, 0.29) is 5.91 Å². The van der Waals surface area contributed by atoms with Crippen molar-refractivity contribution in [3.05, 3.63) is 29.8 Å². The van der Waals surface area contributed by atoms with Crippen molar-refractivity contribution in [1.29, 1.82) is 0 Å². The molecule has 4 nitrogen and oxygen atoms in total. The van der Waals surface area contributed by atoms with Gasteiger partial charge in [0.1, 0.15) is 0 Å². The number of carbonyl (C=O) groups excluding carboxylic acids is 1. The molecule has 1 rings (SSSR count). The summed E-state index contributed by atoms with van der Waals surface area (Å²) < 4.78 is 0. The number of likely N-dealkylation sites (N-methyl/N-ethyl adjacent to an activating group) is 2. The Balaban J connectivity index is 2.57. The summed E-state index contributed by atoms with van der Waals surface area (Å²) in [5.41, 5.74) is 2.30. The Morgan fingerprint density at radius 1 is 1.29 bits per heavy atom. The third-order valence-corrected chi connectivity index (χ3v) is 2.62. The van der Waals surface area contributed by atoms with E-state index in [0.29, 0.717) is 6.54 Å². The first kappa shape index (κ1) is 13.5. The van der Waals surface area contributed by atoms with Crippen LogP contribution < -0.4 is 15.5 Å². The van der Waals surface area contributed by atoms with E-state index in [0.717, 1.165) is 18.8 Å². The molecule has 0 aliphatic rings. The van der Waals surface area contributed by atoms with E-state index >= 15 is 0 Å². The molecule has 0 aliphatic heterocycles. The van der Waals surface area contributed by atoms with Crippen LogP contribution in [0.1, 0.15) is 12.5 Å². The van der Waals surface area contributed by atoms with Crippen molar-refractivity contribution in [2.45, 2.75) is 13.5 Å². The van der Waals surface area contributed by atoms with Crippen molar-refractivity contribution in [3.8, 4) is 0 Å². The van der Waals surface area contributed by atoms with Crippen LogP contribution in [0.3, 0.4) is 0 Å². The van der Waals surface area contributed by atoms with Crippen LogP contribution in [0.2, 0.25) is 0 Å². The van der Waals surface area contributed by atoms with Gasteiger partial charge < -0.3 is 15.5 Å². The predicted octanol–water partition coefficient (Wildman–Crippen LogP) is 0.978. The van der Waals surface area contributed by atoms with Crippen molar-refractivity contribution < 1.29 is 4.79 Å². The molecule has 0 radical (unpaired) electrons. The highest BCUT2D eigenvalue weighted by atomic mass is 16.1. The van der Waals surface area contributed by atoms with Crippen molar-refractivity contribution >= 4 is 11.6 Å². The monoisotopic (exact) mass is 235 g/mol. The van der Waals surface area contributed by atoms with Gasteiger partial charge in [-0.05, 0) is 24.2 Å². The molecular weight excluding hydrogens is 214 g/mol. The van der Waals surface area contributed by atoms with E-state index in [1.165, 1.54) is 5.56 Å². The lowest BCUT2D eigenvalue weighted by Gasteiger charge is -2.18. The van der Waals surface area contributed by atoms with Gasteiger partial charge in [-0.1, -0.05) is 19.1 Å². The van der Waals surface area contributed by atoms with Crippen LogP contribution in [-0.4, -0.2) is 33.1 Å². The van der Waals surface area contributed by atoms with Crippen LogP contribution in [0.4, 0.5) is 5.69 Å². The summed E-state index contributed by atoms with van der Waals surface area (Å²) >= 11 is 0. The van der Waals surface area contributed by atoms with Crippen molar-refractivity contribution in [2.24, 2.45) is 0 Å². The number of anilines is 1. The number of amides is 1. The highest BCUT2D eigenvalue weighted by Crippen LogP contribution is 2.13. The summed E-state index contributed by atoms with van der Waals surface area (Å²) in [4.78, 5) is 13.2. The number of rotatable bonds is 6. The van der Waals surface area contributed by atoms with Crippen LogP contribution >= 0.6 is 0 Å². The van der Waals surface area contributed by atoms with Crippen molar-refractivity contribution in [2.75, 3.05) is 32.1 Å². The molecule has 17 heavy (non-hydrogen) atoms. The topological polar surface area (TPSA) is 44.4 Å². The van der Waals surface area contributed by atoms with E-state index in [1.54, 1.807) is 7.05 Å². The Hall–Kier alpha value is -1.55. The highest BCUT2D eigenvalue weighted by molar-refractivity contribution is 5.80. The maximum Gasteiger partial charge on any atom is 0.239 e. The maximum absolute atomic E-state index is 11.2. The fraction of sp³-hybridized carbons (Fsp3) is 0.462. The fourth-order valence-corrected chi connectivity index (χ4v) is 1.52. The molecule has 1 amide bonds. The van der Waals surface area contributed by atoms with Gasteiger partial charge in [0, 0.05) is 26.3 Å². The SMILES string of the molecule is CCNCc1ccc(N(C)CC(=O)NC)cc1. The minimum Gasteiger partial charge on any atom is -0.365 e. The number of nitrogens with zero attached hydrogens (tertiary/aromatic N) is 1. The lowest BCUT2D eigenvalue weighted by Crippen LogP contribution is -2.32. The second-order valence-electron chi connectivity index (χ2n) is 3.98. The van der Waals surface area contributed by atoms with E-state index in [1.807, 2.05) is 24.1 Å². The molecule has 0 unspecified atom stereocenters. The van der Waals surface area contributed by atoms with Crippen LogP contribution in [0.5, 0.6) is 0 Å². The lowest BCUT2D eigenvalue weighted by atomic mass is 10.2. The Labute approximate surface area is 103 Å². The smallest absolute Gasteiger partial charge is 0.239 e. The standard InChI is InChI=1S/C13H21N3O/c1-4-15-9-11-5-7-12(8-6-11)16(3)10-13(17)14-2/h5-8,15H,4,9-10H2,1-3H3,(H,14,17). The van der Waals surface area contributed by atoms with E-state index in [2.05, 4.69) is 29.7 Å². The number of hydrogen-bond acceptors (Lipinski definition) is 3. The molecule has 0 heterocycles. The molecule has 0 saturated carbocycles. The molecule has 0 bridgehead atoms. The lowest BCUT2D eigenvalue weighted by molar-refractivity contribution is -0.119. The van der Waals surface area contributed by atoms with Crippen molar-refractivity contribution in [1.82, 2.24) is 10.6 Å². The Bertz CT molecular complexity index is 348. The van der Waals surface area contributed by atoms with Crippen LogP contribution in [-0.2, 0) is 11.3 Å². The Morgan fingerprint density at radius 3 is 2.47 bits per heavy atom. The molecule has 0 aliphatic carbocycles. The maximum atomic E-state index is 11.2. The average molecular weight is 235 g/mol. The Morgan fingerprint density at radius 2 is 1.94 bits per heavy atom. The van der Waals surface area contributed by atoms with Gasteiger partial charge in [-0.25, -0.2) is 0 Å². The molecule has 0 fully saturated rings. The van der Waals surface area contributed by atoms with Gasteiger partial charge in [-0.2, -0.15) is 0 Å².